The van der Waals surface area contributed by atoms with Crippen LogP contribution in [0.3, 0.4) is 0 Å². The van der Waals surface area contributed by atoms with Gasteiger partial charge in [-0.1, -0.05) is 18.2 Å². The van der Waals surface area contributed by atoms with E-state index >= 15 is 0 Å². The topological polar surface area (TPSA) is 89.6 Å². The zero-order valence-electron chi connectivity index (χ0n) is 19.1. The van der Waals surface area contributed by atoms with Crippen LogP contribution in [-0.4, -0.2) is 33.0 Å². The van der Waals surface area contributed by atoms with Gasteiger partial charge in [-0.05, 0) is 61.6 Å². The highest BCUT2D eigenvalue weighted by atomic mass is 32.1. The van der Waals surface area contributed by atoms with E-state index < -0.39 is 0 Å². The molecule has 0 bridgehead atoms. The van der Waals surface area contributed by atoms with Gasteiger partial charge in [-0.25, -0.2) is 19.5 Å². The summed E-state index contributed by atoms with van der Waals surface area (Å²) in [6.07, 6.45) is 7.55. The zero-order valence-corrected chi connectivity index (χ0v) is 19.9. The second-order valence-corrected chi connectivity index (χ2v) is 9.55. The van der Waals surface area contributed by atoms with Crippen molar-refractivity contribution in [3.8, 4) is 17.3 Å². The Bertz CT molecular complexity index is 1670. The van der Waals surface area contributed by atoms with Crippen LogP contribution >= 0.6 is 11.3 Å². The number of aliphatic imine (C=N–C) groups is 1. The number of thiophene rings is 1. The van der Waals surface area contributed by atoms with Gasteiger partial charge in [0.25, 0.3) is 5.56 Å². The molecule has 2 aromatic carbocycles. The van der Waals surface area contributed by atoms with Gasteiger partial charge in [-0.3, -0.25) is 4.79 Å². The van der Waals surface area contributed by atoms with Crippen LogP contribution in [0.25, 0.3) is 26.7 Å². The average Bonchev–Trinajstić information content (AvgIpc) is 3.28. The van der Waals surface area contributed by atoms with Crippen molar-refractivity contribution in [3.05, 3.63) is 81.2 Å². The molecule has 6 rings (SSSR count). The summed E-state index contributed by atoms with van der Waals surface area (Å²) < 4.78 is 6.53. The minimum absolute atomic E-state index is 0.180. The van der Waals surface area contributed by atoms with E-state index in [0.717, 1.165) is 29.5 Å². The third-order valence-corrected chi connectivity index (χ3v) is 7.68. The van der Waals surface area contributed by atoms with Crippen molar-refractivity contribution in [1.82, 2.24) is 14.5 Å². The van der Waals surface area contributed by atoms with Gasteiger partial charge < -0.3 is 9.84 Å². The molecule has 3 heterocycles. The van der Waals surface area contributed by atoms with Crippen LogP contribution in [0.15, 0.2) is 64.6 Å². The van der Waals surface area contributed by atoms with Crippen molar-refractivity contribution in [2.45, 2.75) is 25.7 Å². The molecule has 0 amide bonds. The fourth-order valence-electron chi connectivity index (χ4n) is 4.76. The zero-order chi connectivity index (χ0) is 23.9. The van der Waals surface area contributed by atoms with Crippen molar-refractivity contribution in [3.63, 3.8) is 0 Å². The normalized spacial score (nSPS) is 13.5. The molecule has 1 aliphatic rings. The first-order chi connectivity index (χ1) is 17.2. The lowest BCUT2D eigenvalue weighted by atomic mass is 9.97. The van der Waals surface area contributed by atoms with Crippen LogP contribution in [0.2, 0.25) is 0 Å². The molecule has 0 spiro atoms. The van der Waals surface area contributed by atoms with E-state index in [9.17, 15) is 9.90 Å². The molecule has 8 heteroatoms. The number of rotatable bonds is 4. The summed E-state index contributed by atoms with van der Waals surface area (Å²) in [7, 11) is 1.58. The third kappa shape index (κ3) is 3.57. The Balaban J connectivity index is 1.55. The van der Waals surface area contributed by atoms with Crippen molar-refractivity contribution in [2.24, 2.45) is 4.99 Å². The molecular weight excluding hydrogens is 460 g/mol. The molecule has 0 saturated heterocycles. The minimum Gasteiger partial charge on any atom is -0.497 e. The van der Waals surface area contributed by atoms with Gasteiger partial charge in [0.1, 0.15) is 16.9 Å². The molecular formula is C27H22N4O3S. The van der Waals surface area contributed by atoms with Gasteiger partial charge in [0.05, 0.1) is 23.7 Å². The Morgan fingerprint density at radius 2 is 1.83 bits per heavy atom. The first kappa shape index (κ1) is 21.5. The van der Waals surface area contributed by atoms with Crippen LogP contribution in [-0.2, 0) is 12.8 Å². The first-order valence-electron chi connectivity index (χ1n) is 11.5. The Kier molecular flexibility index (Phi) is 5.30. The number of ether oxygens (including phenoxy) is 1. The molecule has 0 aliphatic heterocycles. The fourth-order valence-corrected chi connectivity index (χ4v) is 5.98. The SMILES string of the molecule is COc1ccc(-n2c(O)c(C=Nc3ncnc4sc5c(c34)CCCC5)c3ccccc3c2=O)cc1. The van der Waals surface area contributed by atoms with Gasteiger partial charge in [-0.15, -0.1) is 11.3 Å². The van der Waals surface area contributed by atoms with E-state index in [4.69, 9.17) is 9.73 Å². The maximum atomic E-state index is 13.3. The Labute approximate surface area is 205 Å². The van der Waals surface area contributed by atoms with Crippen molar-refractivity contribution in [1.29, 1.82) is 0 Å². The lowest BCUT2D eigenvalue weighted by Crippen LogP contribution is -2.20. The summed E-state index contributed by atoms with van der Waals surface area (Å²) in [6, 6.07) is 14.2. The van der Waals surface area contributed by atoms with Crippen molar-refractivity contribution >= 4 is 44.4 Å². The van der Waals surface area contributed by atoms with Gasteiger partial charge in [-0.2, -0.15) is 0 Å². The minimum atomic E-state index is -0.309. The lowest BCUT2D eigenvalue weighted by Gasteiger charge is -2.14. The number of benzene rings is 2. The number of aromatic hydroxyl groups is 1. The number of pyridine rings is 1. The maximum Gasteiger partial charge on any atom is 0.265 e. The summed E-state index contributed by atoms with van der Waals surface area (Å²) in [5.74, 6) is 1.07. The highest BCUT2D eigenvalue weighted by molar-refractivity contribution is 7.19. The molecule has 174 valence electrons. The Hall–Kier alpha value is -4.04. The smallest absolute Gasteiger partial charge is 0.265 e. The molecule has 0 unspecified atom stereocenters. The highest BCUT2D eigenvalue weighted by Crippen LogP contribution is 2.39. The monoisotopic (exact) mass is 482 g/mol. The third-order valence-electron chi connectivity index (χ3n) is 6.48. The predicted molar refractivity (Wildman–Crippen MR) is 139 cm³/mol. The second-order valence-electron chi connectivity index (χ2n) is 8.47. The van der Waals surface area contributed by atoms with Crippen molar-refractivity contribution < 1.29 is 9.84 Å². The second kappa shape index (κ2) is 8.63. The van der Waals surface area contributed by atoms with Crippen LogP contribution in [0.4, 0.5) is 5.82 Å². The van der Waals surface area contributed by atoms with E-state index in [-0.39, 0.29) is 11.4 Å². The standard InChI is InChI=1S/C27H22N4O3S/c1-34-17-12-10-16(11-13-17)31-26(32)19-7-3-2-6-18(19)21(27(31)33)14-28-24-23-20-8-4-5-9-22(20)35-25(23)30-15-29-24/h2-3,6-7,10-15,33H,4-5,8-9H2,1H3. The van der Waals surface area contributed by atoms with E-state index in [2.05, 4.69) is 9.97 Å². The average molecular weight is 483 g/mol. The summed E-state index contributed by atoms with van der Waals surface area (Å²) >= 11 is 1.72. The van der Waals surface area contributed by atoms with Crippen LogP contribution in [0.1, 0.15) is 28.8 Å². The molecule has 1 aliphatic carbocycles. The van der Waals surface area contributed by atoms with E-state index in [1.54, 1.807) is 55.0 Å². The van der Waals surface area contributed by atoms with E-state index in [1.807, 2.05) is 18.2 Å². The number of hydrogen-bond donors (Lipinski definition) is 1. The summed E-state index contributed by atoms with van der Waals surface area (Å²) in [6.45, 7) is 0. The molecule has 0 radical (unpaired) electrons. The first-order valence-corrected chi connectivity index (χ1v) is 12.3. The summed E-state index contributed by atoms with van der Waals surface area (Å²) in [4.78, 5) is 29.3. The number of hydrogen-bond acceptors (Lipinski definition) is 7. The Morgan fingerprint density at radius 3 is 2.63 bits per heavy atom. The lowest BCUT2D eigenvalue weighted by molar-refractivity contribution is 0.414. The number of aromatic nitrogens is 3. The molecule has 3 aromatic heterocycles. The molecule has 1 N–H and O–H groups in total. The van der Waals surface area contributed by atoms with Gasteiger partial charge in [0.2, 0.25) is 5.88 Å². The molecule has 0 saturated carbocycles. The van der Waals surface area contributed by atoms with Crippen LogP contribution in [0, 0.1) is 0 Å². The molecule has 35 heavy (non-hydrogen) atoms. The van der Waals surface area contributed by atoms with Crippen LogP contribution in [0.5, 0.6) is 11.6 Å². The predicted octanol–water partition coefficient (Wildman–Crippen LogP) is 5.34. The van der Waals surface area contributed by atoms with Gasteiger partial charge >= 0.3 is 0 Å². The highest BCUT2D eigenvalue weighted by Gasteiger charge is 2.20. The quantitative estimate of drug-likeness (QED) is 0.349. The molecule has 7 nitrogen and oxygen atoms in total. The van der Waals surface area contributed by atoms with Crippen molar-refractivity contribution in [2.75, 3.05) is 7.11 Å². The molecule has 5 aromatic rings. The maximum absolute atomic E-state index is 13.3. The molecule has 0 fully saturated rings. The van der Waals surface area contributed by atoms with Gasteiger partial charge in [0, 0.05) is 21.9 Å². The van der Waals surface area contributed by atoms with E-state index in [0.29, 0.717) is 33.6 Å². The number of methoxy groups -OCH3 is 1. The number of aryl methyl sites for hydroxylation is 2. The van der Waals surface area contributed by atoms with Gasteiger partial charge in [0.15, 0.2) is 5.82 Å². The van der Waals surface area contributed by atoms with Crippen LogP contribution < -0.4 is 10.3 Å². The summed E-state index contributed by atoms with van der Waals surface area (Å²) in [5.41, 5.74) is 1.97. The van der Waals surface area contributed by atoms with E-state index in [1.165, 1.54) is 27.8 Å². The summed E-state index contributed by atoms with van der Waals surface area (Å²) in [5, 5.41) is 13.4. The fraction of sp³-hybridized carbons (Fsp3) is 0.185. The largest absolute Gasteiger partial charge is 0.497 e. The Morgan fingerprint density at radius 1 is 1.06 bits per heavy atom. The number of nitrogens with zero attached hydrogens (tertiary/aromatic N) is 4. The number of fused-ring (bicyclic) bond motifs is 4. The molecule has 0 atom stereocenters.